The van der Waals surface area contributed by atoms with Gasteiger partial charge in [0.25, 0.3) is 0 Å². The van der Waals surface area contributed by atoms with Crippen LogP contribution in [0.25, 0.3) is 0 Å². The number of rotatable bonds is 0. The zero-order chi connectivity index (χ0) is 5.98. The van der Waals surface area contributed by atoms with Crippen LogP contribution in [-0.4, -0.2) is 18.4 Å². The topological polar surface area (TPSA) is 29.1 Å². The number of piperidine rings is 1. The number of carbonyl (C=O) groups is 1. The lowest BCUT2D eigenvalue weighted by Gasteiger charge is -2.17. The van der Waals surface area contributed by atoms with Crippen molar-refractivity contribution in [1.82, 2.24) is 5.32 Å². The zero-order valence-electron chi connectivity index (χ0n) is 5.11. The van der Waals surface area contributed by atoms with Gasteiger partial charge in [-0.1, -0.05) is 0 Å². The molecule has 8 heavy (non-hydrogen) atoms. The molecule has 0 spiro atoms. The molecule has 1 N–H and O–H groups in total. The van der Waals surface area contributed by atoms with Crippen molar-refractivity contribution < 1.29 is 4.79 Å². The molecule has 0 aromatic carbocycles. The molecular weight excluding hydrogens is 102 g/mol. The van der Waals surface area contributed by atoms with E-state index in [-0.39, 0.29) is 0 Å². The molecule has 0 saturated carbocycles. The molecule has 0 bridgehead atoms. The number of hydrogen-bond donors (Lipinski definition) is 1. The number of hydrogen-bond acceptors (Lipinski definition) is 2. The summed E-state index contributed by atoms with van der Waals surface area (Å²) in [5.74, 6) is 0.350. The fourth-order valence-corrected chi connectivity index (χ4v) is 0.856. The van der Waals surface area contributed by atoms with Crippen molar-refractivity contribution >= 4 is 5.78 Å². The van der Waals surface area contributed by atoms with Gasteiger partial charge in [0.1, 0.15) is 5.78 Å². The van der Waals surface area contributed by atoms with E-state index in [4.69, 9.17) is 0 Å². The molecule has 0 radical (unpaired) electrons. The van der Waals surface area contributed by atoms with Gasteiger partial charge in [-0.25, -0.2) is 0 Å². The van der Waals surface area contributed by atoms with Gasteiger partial charge in [0.15, 0.2) is 0 Å². The van der Waals surface area contributed by atoms with Crippen molar-refractivity contribution in [2.24, 2.45) is 0 Å². The summed E-state index contributed by atoms with van der Waals surface area (Å²) in [6.07, 6.45) is 1.78. The maximum Gasteiger partial charge on any atom is 0.146 e. The molecule has 1 atom stereocenters. The first-order chi connectivity index (χ1) is 3.79. The van der Waals surface area contributed by atoms with E-state index in [1.54, 1.807) is 0 Å². The van der Waals surface area contributed by atoms with E-state index in [2.05, 4.69) is 12.2 Å². The van der Waals surface area contributed by atoms with Crippen LogP contribution in [-0.2, 0) is 4.79 Å². The molecule has 2 nitrogen and oxygen atoms in total. The second kappa shape index (κ2) is 2.27. The molecular formula is C6H11NO. The normalized spacial score (nSPS) is 30.6. The lowest BCUT2D eigenvalue weighted by molar-refractivity contribution is -0.119. The van der Waals surface area contributed by atoms with Crippen LogP contribution >= 0.6 is 0 Å². The molecule has 1 aliphatic rings. The van der Waals surface area contributed by atoms with Gasteiger partial charge in [0.05, 0.1) is 6.54 Å². The standard InChI is InChI=1S/C6H11NO/c1-5-2-3-6(8)4-7-5/h5,7H,2-4H2,1H3/t5-/m1/s1. The average Bonchev–Trinajstić information content (AvgIpc) is 1.77. The molecule has 1 aliphatic heterocycles. The van der Waals surface area contributed by atoms with E-state index >= 15 is 0 Å². The van der Waals surface area contributed by atoms with Crippen LogP contribution in [0.15, 0.2) is 0 Å². The lowest BCUT2D eigenvalue weighted by Crippen LogP contribution is -2.36. The Morgan fingerprint density at radius 2 is 2.50 bits per heavy atom. The van der Waals surface area contributed by atoms with Gasteiger partial charge in [0, 0.05) is 12.5 Å². The fraction of sp³-hybridized carbons (Fsp3) is 0.833. The maximum atomic E-state index is 10.5. The van der Waals surface area contributed by atoms with Gasteiger partial charge in [-0.2, -0.15) is 0 Å². The van der Waals surface area contributed by atoms with Crippen LogP contribution in [0.1, 0.15) is 19.8 Å². The number of ketones is 1. The minimum Gasteiger partial charge on any atom is -0.307 e. The van der Waals surface area contributed by atoms with E-state index in [0.29, 0.717) is 18.4 Å². The number of nitrogens with one attached hydrogen (secondary N) is 1. The molecule has 1 rings (SSSR count). The summed E-state index contributed by atoms with van der Waals surface area (Å²) >= 11 is 0. The third-order valence-electron chi connectivity index (χ3n) is 1.50. The molecule has 0 unspecified atom stereocenters. The van der Waals surface area contributed by atoms with Crippen LogP contribution in [0.5, 0.6) is 0 Å². The number of Topliss-reactive ketones (excluding diaryl/α,β-unsaturated/α-hetero) is 1. The Bertz CT molecular complexity index is 90.7. The lowest BCUT2D eigenvalue weighted by atomic mass is 10.1. The second-order valence-electron chi connectivity index (χ2n) is 2.36. The highest BCUT2D eigenvalue weighted by atomic mass is 16.1. The predicted octanol–water partition coefficient (Wildman–Crippen LogP) is 0.327. The van der Waals surface area contributed by atoms with E-state index in [0.717, 1.165) is 12.8 Å². The molecule has 1 heterocycles. The number of carbonyl (C=O) groups excluding carboxylic acids is 1. The fourth-order valence-electron chi connectivity index (χ4n) is 0.856. The molecule has 1 saturated heterocycles. The van der Waals surface area contributed by atoms with Crippen molar-refractivity contribution in [3.05, 3.63) is 0 Å². The van der Waals surface area contributed by atoms with Gasteiger partial charge in [-0.3, -0.25) is 4.79 Å². The van der Waals surface area contributed by atoms with Crippen LogP contribution in [0.3, 0.4) is 0 Å². The van der Waals surface area contributed by atoms with Crippen molar-refractivity contribution in [3.8, 4) is 0 Å². The van der Waals surface area contributed by atoms with Crippen molar-refractivity contribution in [1.29, 1.82) is 0 Å². The van der Waals surface area contributed by atoms with Crippen LogP contribution in [0, 0.1) is 0 Å². The summed E-state index contributed by atoms with van der Waals surface area (Å²) in [7, 11) is 0. The Morgan fingerprint density at radius 3 is 2.88 bits per heavy atom. The Kier molecular flexibility index (Phi) is 1.63. The van der Waals surface area contributed by atoms with Gasteiger partial charge in [-0.05, 0) is 13.3 Å². The summed E-state index contributed by atoms with van der Waals surface area (Å²) in [5.41, 5.74) is 0. The SMILES string of the molecule is C[C@@H]1CCC(=O)CN1. The van der Waals surface area contributed by atoms with Gasteiger partial charge < -0.3 is 5.32 Å². The summed E-state index contributed by atoms with van der Waals surface area (Å²) in [4.78, 5) is 10.5. The first-order valence-electron chi connectivity index (χ1n) is 3.04. The van der Waals surface area contributed by atoms with Gasteiger partial charge in [0.2, 0.25) is 0 Å². The highest BCUT2D eigenvalue weighted by molar-refractivity contribution is 5.81. The highest BCUT2D eigenvalue weighted by Gasteiger charge is 2.12. The minimum absolute atomic E-state index is 0.350. The average molecular weight is 113 g/mol. The third kappa shape index (κ3) is 1.30. The zero-order valence-corrected chi connectivity index (χ0v) is 5.11. The maximum absolute atomic E-state index is 10.5. The predicted molar refractivity (Wildman–Crippen MR) is 31.7 cm³/mol. The monoisotopic (exact) mass is 113 g/mol. The molecule has 0 aromatic rings. The Balaban J connectivity index is 2.29. The second-order valence-corrected chi connectivity index (χ2v) is 2.36. The molecule has 0 aromatic heterocycles. The first kappa shape index (κ1) is 5.76. The Labute approximate surface area is 49.3 Å². The molecule has 1 fully saturated rings. The first-order valence-corrected chi connectivity index (χ1v) is 3.04. The molecule has 0 aliphatic carbocycles. The van der Waals surface area contributed by atoms with Gasteiger partial charge >= 0.3 is 0 Å². The van der Waals surface area contributed by atoms with Crippen molar-refractivity contribution in [3.63, 3.8) is 0 Å². The van der Waals surface area contributed by atoms with Gasteiger partial charge in [-0.15, -0.1) is 0 Å². The largest absolute Gasteiger partial charge is 0.307 e. The Morgan fingerprint density at radius 1 is 1.75 bits per heavy atom. The molecule has 46 valence electrons. The third-order valence-corrected chi connectivity index (χ3v) is 1.50. The van der Waals surface area contributed by atoms with Crippen LogP contribution in [0.4, 0.5) is 0 Å². The quantitative estimate of drug-likeness (QED) is 0.490. The summed E-state index contributed by atoms with van der Waals surface area (Å²) in [6, 6.07) is 0.549. The van der Waals surface area contributed by atoms with E-state index < -0.39 is 0 Å². The van der Waals surface area contributed by atoms with E-state index in [1.807, 2.05) is 0 Å². The summed E-state index contributed by atoms with van der Waals surface area (Å²) in [6.45, 7) is 2.69. The summed E-state index contributed by atoms with van der Waals surface area (Å²) < 4.78 is 0. The Hall–Kier alpha value is -0.370. The van der Waals surface area contributed by atoms with Crippen LogP contribution < -0.4 is 5.32 Å². The minimum atomic E-state index is 0.350. The van der Waals surface area contributed by atoms with E-state index in [1.165, 1.54) is 0 Å². The molecule has 0 amide bonds. The van der Waals surface area contributed by atoms with Crippen LogP contribution in [0.2, 0.25) is 0 Å². The van der Waals surface area contributed by atoms with Crippen molar-refractivity contribution in [2.45, 2.75) is 25.8 Å². The molecule has 2 heteroatoms. The van der Waals surface area contributed by atoms with E-state index in [9.17, 15) is 4.79 Å². The summed E-state index contributed by atoms with van der Waals surface area (Å²) in [5, 5.41) is 3.08. The highest BCUT2D eigenvalue weighted by Crippen LogP contribution is 2.01. The van der Waals surface area contributed by atoms with Crippen molar-refractivity contribution in [2.75, 3.05) is 6.54 Å². The smallest absolute Gasteiger partial charge is 0.146 e.